The number of ether oxygens (including phenoxy) is 1. The number of primary amides is 1. The summed E-state index contributed by atoms with van der Waals surface area (Å²) in [7, 11) is 0. The van der Waals surface area contributed by atoms with Crippen LogP contribution in [0.4, 0.5) is 0 Å². The Labute approximate surface area is 73.6 Å². The number of amides is 1. The molecule has 70 valence electrons. The van der Waals surface area contributed by atoms with Gasteiger partial charge in [0, 0.05) is 12.2 Å². The van der Waals surface area contributed by atoms with Crippen molar-refractivity contribution in [2.75, 3.05) is 13.2 Å². The predicted octanol–water partition coefficient (Wildman–Crippen LogP) is 1.23. The quantitative estimate of drug-likeness (QED) is 0.462. The summed E-state index contributed by atoms with van der Waals surface area (Å²) < 4.78 is 5.16. The van der Waals surface area contributed by atoms with E-state index >= 15 is 0 Å². The van der Waals surface area contributed by atoms with Crippen molar-refractivity contribution >= 4 is 5.91 Å². The van der Waals surface area contributed by atoms with Gasteiger partial charge in [-0.3, -0.25) is 4.79 Å². The van der Waals surface area contributed by atoms with Crippen molar-refractivity contribution in [2.45, 2.75) is 26.2 Å². The smallest absolute Gasteiger partial charge is 0.246 e. The maximum absolute atomic E-state index is 10.5. The average molecular weight is 171 g/mol. The molecule has 3 heteroatoms. The molecule has 0 fully saturated rings. The van der Waals surface area contributed by atoms with Gasteiger partial charge in [0.15, 0.2) is 0 Å². The molecule has 0 saturated carbocycles. The molecule has 0 spiro atoms. The molecule has 0 atom stereocenters. The molecular formula is C9H17NO2. The lowest BCUT2D eigenvalue weighted by molar-refractivity contribution is -0.115. The van der Waals surface area contributed by atoms with E-state index in [9.17, 15) is 4.79 Å². The second kappa shape index (κ2) is 6.85. The van der Waals surface area contributed by atoms with Crippen LogP contribution in [0.3, 0.4) is 0 Å². The van der Waals surface area contributed by atoms with Gasteiger partial charge in [0.25, 0.3) is 0 Å². The SMILES string of the molecule is C=C(COCCCCC)C(N)=O. The van der Waals surface area contributed by atoms with Gasteiger partial charge in [0.2, 0.25) is 5.91 Å². The highest BCUT2D eigenvalue weighted by molar-refractivity contribution is 5.91. The van der Waals surface area contributed by atoms with Crippen molar-refractivity contribution in [1.29, 1.82) is 0 Å². The van der Waals surface area contributed by atoms with Crippen molar-refractivity contribution in [3.63, 3.8) is 0 Å². The van der Waals surface area contributed by atoms with Gasteiger partial charge < -0.3 is 10.5 Å². The van der Waals surface area contributed by atoms with Gasteiger partial charge in [-0.25, -0.2) is 0 Å². The van der Waals surface area contributed by atoms with E-state index in [0.717, 1.165) is 12.8 Å². The zero-order chi connectivity index (χ0) is 9.40. The molecular weight excluding hydrogens is 154 g/mol. The second-order valence-corrected chi connectivity index (χ2v) is 2.73. The van der Waals surface area contributed by atoms with Gasteiger partial charge in [-0.15, -0.1) is 0 Å². The molecule has 0 unspecified atom stereocenters. The highest BCUT2D eigenvalue weighted by Gasteiger charge is 1.99. The molecule has 2 N–H and O–H groups in total. The lowest BCUT2D eigenvalue weighted by Gasteiger charge is -2.02. The Bertz CT molecular complexity index is 155. The van der Waals surface area contributed by atoms with E-state index in [2.05, 4.69) is 13.5 Å². The van der Waals surface area contributed by atoms with Gasteiger partial charge in [-0.05, 0) is 6.42 Å². The zero-order valence-corrected chi connectivity index (χ0v) is 7.64. The molecule has 0 saturated heterocycles. The standard InChI is InChI=1S/C9H17NO2/c1-3-4-5-6-12-7-8(2)9(10)11/h2-7H2,1H3,(H2,10,11). The van der Waals surface area contributed by atoms with Gasteiger partial charge in [0.05, 0.1) is 6.61 Å². The lowest BCUT2D eigenvalue weighted by atomic mass is 10.3. The number of hydrogen-bond donors (Lipinski definition) is 1. The molecule has 0 aromatic rings. The number of rotatable bonds is 7. The van der Waals surface area contributed by atoms with Gasteiger partial charge >= 0.3 is 0 Å². The van der Waals surface area contributed by atoms with E-state index in [1.165, 1.54) is 6.42 Å². The average Bonchev–Trinajstić information content (AvgIpc) is 2.03. The molecule has 0 aromatic carbocycles. The van der Waals surface area contributed by atoms with E-state index in [1.807, 2.05) is 0 Å². The Morgan fingerprint density at radius 1 is 1.50 bits per heavy atom. The van der Waals surface area contributed by atoms with Crippen LogP contribution < -0.4 is 5.73 Å². The maximum atomic E-state index is 10.5. The summed E-state index contributed by atoms with van der Waals surface area (Å²) in [5, 5.41) is 0. The molecule has 0 heterocycles. The molecule has 1 amide bonds. The Hall–Kier alpha value is -0.830. The molecule has 0 aliphatic rings. The van der Waals surface area contributed by atoms with Crippen molar-refractivity contribution < 1.29 is 9.53 Å². The van der Waals surface area contributed by atoms with E-state index in [1.54, 1.807) is 0 Å². The maximum Gasteiger partial charge on any atom is 0.246 e. The fourth-order valence-corrected chi connectivity index (χ4v) is 0.721. The van der Waals surface area contributed by atoms with Crippen molar-refractivity contribution in [2.24, 2.45) is 5.73 Å². The van der Waals surface area contributed by atoms with Gasteiger partial charge in [0.1, 0.15) is 0 Å². The number of carbonyl (C=O) groups is 1. The number of carbonyl (C=O) groups excluding carboxylic acids is 1. The minimum absolute atomic E-state index is 0.263. The molecule has 0 aromatic heterocycles. The molecule has 0 radical (unpaired) electrons. The Morgan fingerprint density at radius 3 is 2.67 bits per heavy atom. The van der Waals surface area contributed by atoms with Crippen LogP contribution in [-0.4, -0.2) is 19.1 Å². The first-order valence-corrected chi connectivity index (χ1v) is 4.23. The van der Waals surface area contributed by atoms with Crippen LogP contribution in [-0.2, 0) is 9.53 Å². The Kier molecular flexibility index (Phi) is 6.38. The summed E-state index contributed by atoms with van der Waals surface area (Å²) >= 11 is 0. The van der Waals surface area contributed by atoms with E-state index in [-0.39, 0.29) is 6.61 Å². The largest absolute Gasteiger partial charge is 0.377 e. The molecule has 0 aliphatic heterocycles. The third kappa shape index (κ3) is 5.92. The summed E-state index contributed by atoms with van der Waals surface area (Å²) in [4.78, 5) is 10.5. The molecule has 0 rings (SSSR count). The van der Waals surface area contributed by atoms with Crippen LogP contribution in [0.1, 0.15) is 26.2 Å². The van der Waals surface area contributed by atoms with Crippen molar-refractivity contribution in [1.82, 2.24) is 0 Å². The van der Waals surface area contributed by atoms with E-state index in [0.29, 0.717) is 12.2 Å². The van der Waals surface area contributed by atoms with E-state index in [4.69, 9.17) is 10.5 Å². The molecule has 12 heavy (non-hydrogen) atoms. The first-order valence-electron chi connectivity index (χ1n) is 4.23. The summed E-state index contributed by atoms with van der Waals surface area (Å²) in [5.74, 6) is -0.481. The molecule has 0 bridgehead atoms. The van der Waals surface area contributed by atoms with Crippen LogP contribution in [0, 0.1) is 0 Å². The van der Waals surface area contributed by atoms with Crippen LogP contribution >= 0.6 is 0 Å². The number of nitrogens with two attached hydrogens (primary N) is 1. The summed E-state index contributed by atoms with van der Waals surface area (Å²) in [6.45, 7) is 6.54. The van der Waals surface area contributed by atoms with Crippen molar-refractivity contribution in [3.05, 3.63) is 12.2 Å². The second-order valence-electron chi connectivity index (χ2n) is 2.73. The topological polar surface area (TPSA) is 52.3 Å². The number of hydrogen-bond acceptors (Lipinski definition) is 2. The van der Waals surface area contributed by atoms with E-state index < -0.39 is 5.91 Å². The highest BCUT2D eigenvalue weighted by Crippen LogP contribution is 1.96. The third-order valence-corrected chi connectivity index (χ3v) is 1.52. The first-order chi connectivity index (χ1) is 5.68. The first kappa shape index (κ1) is 11.2. The normalized spacial score (nSPS) is 9.75. The minimum Gasteiger partial charge on any atom is -0.377 e. The van der Waals surface area contributed by atoms with Crippen molar-refractivity contribution in [3.8, 4) is 0 Å². The van der Waals surface area contributed by atoms with Crippen LogP contribution in [0.15, 0.2) is 12.2 Å². The predicted molar refractivity (Wildman–Crippen MR) is 48.7 cm³/mol. The molecule has 3 nitrogen and oxygen atoms in total. The van der Waals surface area contributed by atoms with Crippen LogP contribution in [0.2, 0.25) is 0 Å². The summed E-state index contributed by atoms with van der Waals surface area (Å²) in [6, 6.07) is 0. The van der Waals surface area contributed by atoms with Crippen LogP contribution in [0.25, 0.3) is 0 Å². The fraction of sp³-hybridized carbons (Fsp3) is 0.667. The Balaban J connectivity index is 3.20. The summed E-state index contributed by atoms with van der Waals surface area (Å²) in [5.41, 5.74) is 5.30. The van der Waals surface area contributed by atoms with Gasteiger partial charge in [-0.1, -0.05) is 26.3 Å². The Morgan fingerprint density at radius 2 is 2.17 bits per heavy atom. The third-order valence-electron chi connectivity index (χ3n) is 1.52. The zero-order valence-electron chi connectivity index (χ0n) is 7.64. The highest BCUT2D eigenvalue weighted by atomic mass is 16.5. The molecule has 0 aliphatic carbocycles. The minimum atomic E-state index is -0.481. The number of unbranched alkanes of at least 4 members (excludes halogenated alkanes) is 2. The fourth-order valence-electron chi connectivity index (χ4n) is 0.721. The van der Waals surface area contributed by atoms with Crippen LogP contribution in [0.5, 0.6) is 0 Å². The van der Waals surface area contributed by atoms with Gasteiger partial charge in [-0.2, -0.15) is 0 Å². The monoisotopic (exact) mass is 171 g/mol. The lowest BCUT2D eigenvalue weighted by Crippen LogP contribution is -2.17. The summed E-state index contributed by atoms with van der Waals surface area (Å²) in [6.07, 6.45) is 3.35.